The van der Waals surface area contributed by atoms with E-state index in [4.69, 9.17) is 4.98 Å². The number of rotatable bonds is 4. The molecular weight excluding hydrogens is 272 g/mol. The van der Waals surface area contributed by atoms with Gasteiger partial charge in [-0.15, -0.1) is 11.3 Å². The van der Waals surface area contributed by atoms with E-state index in [9.17, 15) is 9.90 Å². The van der Waals surface area contributed by atoms with Gasteiger partial charge < -0.3 is 5.11 Å². The van der Waals surface area contributed by atoms with Crippen molar-refractivity contribution in [2.75, 3.05) is 6.54 Å². The lowest BCUT2D eigenvalue weighted by molar-refractivity contribution is -0.143. The zero-order valence-corrected chi connectivity index (χ0v) is 12.3. The van der Waals surface area contributed by atoms with Crippen LogP contribution in [0, 0.1) is 0 Å². The number of carboxylic acids is 1. The van der Waals surface area contributed by atoms with Crippen LogP contribution in [0.5, 0.6) is 0 Å². The molecule has 0 radical (unpaired) electrons. The Bertz CT molecular complexity index is 592. The van der Waals surface area contributed by atoms with Gasteiger partial charge in [-0.1, -0.05) is 19.1 Å². The summed E-state index contributed by atoms with van der Waals surface area (Å²) in [4.78, 5) is 18.2. The minimum atomic E-state index is -0.722. The maximum Gasteiger partial charge on any atom is 0.320 e. The number of likely N-dealkylation sites (tertiary alicyclic amines) is 1. The average molecular weight is 290 g/mol. The minimum absolute atomic E-state index is 0.161. The summed E-state index contributed by atoms with van der Waals surface area (Å²) in [5.74, 6) is -0.722. The second kappa shape index (κ2) is 5.50. The van der Waals surface area contributed by atoms with Gasteiger partial charge in [0.1, 0.15) is 11.0 Å². The lowest BCUT2D eigenvalue weighted by Gasteiger charge is -2.28. The number of thiazole rings is 1. The SMILES string of the molecule is CC[C@H](C(=O)O)N1CCC[C@H]1c1nc2ccccc2s1. The Morgan fingerprint density at radius 1 is 1.55 bits per heavy atom. The van der Waals surface area contributed by atoms with E-state index >= 15 is 0 Å². The van der Waals surface area contributed by atoms with Crippen LogP contribution >= 0.6 is 11.3 Å². The Morgan fingerprint density at radius 2 is 2.35 bits per heavy atom. The van der Waals surface area contributed by atoms with E-state index in [2.05, 4.69) is 11.0 Å². The van der Waals surface area contributed by atoms with Crippen LogP contribution in [-0.2, 0) is 4.79 Å². The van der Waals surface area contributed by atoms with Gasteiger partial charge in [0.25, 0.3) is 0 Å². The summed E-state index contributed by atoms with van der Waals surface area (Å²) in [7, 11) is 0. The van der Waals surface area contributed by atoms with Crippen LogP contribution in [0.4, 0.5) is 0 Å². The first-order chi connectivity index (χ1) is 9.70. The molecule has 5 heteroatoms. The van der Waals surface area contributed by atoms with E-state index in [1.807, 2.05) is 25.1 Å². The van der Waals surface area contributed by atoms with Gasteiger partial charge in [-0.2, -0.15) is 0 Å². The molecule has 2 aromatic rings. The first-order valence-corrected chi connectivity index (χ1v) is 7.86. The zero-order chi connectivity index (χ0) is 14.1. The first-order valence-electron chi connectivity index (χ1n) is 7.04. The van der Waals surface area contributed by atoms with Gasteiger partial charge in [-0.05, 0) is 37.9 Å². The van der Waals surface area contributed by atoms with E-state index in [0.717, 1.165) is 29.9 Å². The highest BCUT2D eigenvalue weighted by atomic mass is 32.1. The van der Waals surface area contributed by atoms with Crippen molar-refractivity contribution in [2.24, 2.45) is 0 Å². The Kier molecular flexibility index (Phi) is 3.72. The lowest BCUT2D eigenvalue weighted by Crippen LogP contribution is -2.40. The van der Waals surface area contributed by atoms with Crippen LogP contribution in [0.15, 0.2) is 24.3 Å². The third kappa shape index (κ3) is 2.31. The molecule has 1 saturated heterocycles. The maximum atomic E-state index is 11.4. The monoisotopic (exact) mass is 290 g/mol. The summed E-state index contributed by atoms with van der Waals surface area (Å²) in [5, 5.41) is 10.4. The molecule has 2 heterocycles. The molecule has 0 bridgehead atoms. The summed E-state index contributed by atoms with van der Waals surface area (Å²) >= 11 is 1.69. The highest BCUT2D eigenvalue weighted by Crippen LogP contribution is 2.38. The van der Waals surface area contributed by atoms with E-state index in [1.54, 1.807) is 11.3 Å². The summed E-state index contributed by atoms with van der Waals surface area (Å²) in [6.07, 6.45) is 2.69. The molecule has 1 N–H and O–H groups in total. The molecular formula is C15H18N2O2S. The van der Waals surface area contributed by atoms with Gasteiger partial charge in [0, 0.05) is 0 Å². The van der Waals surface area contributed by atoms with Crippen LogP contribution in [0.3, 0.4) is 0 Å². The molecule has 0 aliphatic carbocycles. The highest BCUT2D eigenvalue weighted by Gasteiger charge is 2.36. The number of aliphatic carboxylic acids is 1. The molecule has 1 aliphatic rings. The molecule has 106 valence electrons. The molecule has 20 heavy (non-hydrogen) atoms. The van der Waals surface area contributed by atoms with Crippen molar-refractivity contribution >= 4 is 27.5 Å². The Hall–Kier alpha value is -1.46. The Balaban J connectivity index is 1.93. The van der Waals surface area contributed by atoms with Crippen molar-refractivity contribution < 1.29 is 9.90 Å². The molecule has 1 aromatic heterocycles. The van der Waals surface area contributed by atoms with Crippen molar-refractivity contribution in [1.82, 2.24) is 9.88 Å². The van der Waals surface area contributed by atoms with Gasteiger partial charge in [0.05, 0.1) is 16.3 Å². The zero-order valence-electron chi connectivity index (χ0n) is 11.5. The van der Waals surface area contributed by atoms with Gasteiger partial charge in [-0.3, -0.25) is 9.69 Å². The fraction of sp³-hybridized carbons (Fsp3) is 0.467. The number of carbonyl (C=O) groups is 1. The number of benzene rings is 1. The normalized spacial score (nSPS) is 21.4. The number of nitrogens with zero attached hydrogens (tertiary/aromatic N) is 2. The van der Waals surface area contributed by atoms with Crippen molar-refractivity contribution in [2.45, 2.75) is 38.3 Å². The summed E-state index contributed by atoms with van der Waals surface area (Å²) in [5.41, 5.74) is 1.02. The molecule has 3 rings (SSSR count). The number of aromatic nitrogens is 1. The van der Waals surface area contributed by atoms with Crippen LogP contribution in [-0.4, -0.2) is 33.5 Å². The molecule has 1 aromatic carbocycles. The number of hydrogen-bond acceptors (Lipinski definition) is 4. The first kappa shape index (κ1) is 13.5. The second-order valence-corrected chi connectivity index (χ2v) is 6.24. The fourth-order valence-corrected chi connectivity index (χ4v) is 4.13. The van der Waals surface area contributed by atoms with E-state index in [-0.39, 0.29) is 6.04 Å². The largest absolute Gasteiger partial charge is 0.480 e. The molecule has 2 atom stereocenters. The van der Waals surface area contributed by atoms with Gasteiger partial charge in [0.2, 0.25) is 0 Å². The van der Waals surface area contributed by atoms with Crippen LogP contribution in [0.25, 0.3) is 10.2 Å². The highest BCUT2D eigenvalue weighted by molar-refractivity contribution is 7.18. The smallest absolute Gasteiger partial charge is 0.320 e. The van der Waals surface area contributed by atoms with Crippen molar-refractivity contribution in [3.8, 4) is 0 Å². The predicted octanol–water partition coefficient (Wildman–Crippen LogP) is 3.30. The van der Waals surface area contributed by atoms with Crippen molar-refractivity contribution in [3.63, 3.8) is 0 Å². The molecule has 1 aliphatic heterocycles. The van der Waals surface area contributed by atoms with E-state index in [0.29, 0.717) is 6.42 Å². The van der Waals surface area contributed by atoms with Gasteiger partial charge in [0.15, 0.2) is 0 Å². The summed E-state index contributed by atoms with van der Waals surface area (Å²) in [6, 6.07) is 7.86. The third-order valence-corrected chi connectivity index (χ3v) is 5.10. The quantitative estimate of drug-likeness (QED) is 0.938. The topological polar surface area (TPSA) is 53.4 Å². The molecule has 4 nitrogen and oxygen atoms in total. The number of carboxylic acid groups (broad SMARTS) is 1. The van der Waals surface area contributed by atoms with E-state index in [1.165, 1.54) is 4.70 Å². The lowest BCUT2D eigenvalue weighted by atomic mass is 10.1. The van der Waals surface area contributed by atoms with Gasteiger partial charge >= 0.3 is 5.97 Å². The second-order valence-electron chi connectivity index (χ2n) is 5.18. The minimum Gasteiger partial charge on any atom is -0.480 e. The Morgan fingerprint density at radius 3 is 3.05 bits per heavy atom. The Labute approximate surface area is 122 Å². The van der Waals surface area contributed by atoms with Crippen LogP contribution in [0.2, 0.25) is 0 Å². The average Bonchev–Trinajstić information content (AvgIpc) is 3.04. The standard InChI is InChI=1S/C15H18N2O2S/c1-2-11(15(18)19)17-9-5-7-12(17)14-16-10-6-3-4-8-13(10)20-14/h3-4,6,8,11-12H,2,5,7,9H2,1H3,(H,18,19)/t11-,12+/m1/s1. The van der Waals surface area contributed by atoms with Crippen molar-refractivity contribution in [3.05, 3.63) is 29.3 Å². The van der Waals surface area contributed by atoms with Crippen LogP contribution < -0.4 is 0 Å². The number of para-hydroxylation sites is 1. The predicted molar refractivity (Wildman–Crippen MR) is 80.0 cm³/mol. The molecule has 1 fully saturated rings. The summed E-state index contributed by atoms with van der Waals surface area (Å²) in [6.45, 7) is 2.79. The van der Waals surface area contributed by atoms with Gasteiger partial charge in [-0.25, -0.2) is 4.98 Å². The van der Waals surface area contributed by atoms with Crippen LogP contribution in [0.1, 0.15) is 37.2 Å². The molecule has 0 spiro atoms. The molecule has 0 unspecified atom stereocenters. The fourth-order valence-electron chi connectivity index (χ4n) is 3.01. The molecule has 0 amide bonds. The maximum absolute atomic E-state index is 11.4. The number of fused-ring (bicyclic) bond motifs is 1. The number of hydrogen-bond donors (Lipinski definition) is 1. The van der Waals surface area contributed by atoms with E-state index < -0.39 is 12.0 Å². The van der Waals surface area contributed by atoms with Crippen molar-refractivity contribution in [1.29, 1.82) is 0 Å². The third-order valence-electron chi connectivity index (χ3n) is 3.96. The molecule has 0 saturated carbocycles. The summed E-state index contributed by atoms with van der Waals surface area (Å²) < 4.78 is 1.18.